The Morgan fingerprint density at radius 3 is 2.57 bits per heavy atom. The van der Waals surface area contributed by atoms with Crippen LogP contribution in [0.15, 0.2) is 63.5 Å². The average molecular weight is 525 g/mol. The molecule has 0 spiro atoms. The van der Waals surface area contributed by atoms with E-state index in [1.165, 1.54) is 23.6 Å². The first-order valence-electron chi connectivity index (χ1n) is 11.6. The second kappa shape index (κ2) is 10.9. The number of carbonyl (C=O) groups is 2. The third-order valence-corrected chi connectivity index (χ3v) is 6.52. The smallest absolute Gasteiger partial charge is 0.338 e. The fraction of sp³-hybridized carbons (Fsp3) is 0.259. The molecule has 0 saturated heterocycles. The van der Waals surface area contributed by atoms with E-state index in [9.17, 15) is 18.8 Å². The molecule has 2 aromatic carbocycles. The fourth-order valence-corrected chi connectivity index (χ4v) is 5.10. The van der Waals surface area contributed by atoms with Crippen molar-refractivity contribution in [3.8, 4) is 11.5 Å². The molecule has 0 saturated carbocycles. The topological polar surface area (TPSA) is 96.2 Å². The molecule has 1 atom stereocenters. The highest BCUT2D eigenvalue weighted by atomic mass is 32.1. The van der Waals surface area contributed by atoms with E-state index in [0.29, 0.717) is 33.0 Å². The maximum Gasteiger partial charge on any atom is 0.338 e. The predicted octanol–water partition coefficient (Wildman–Crippen LogP) is 3.26. The van der Waals surface area contributed by atoms with Crippen molar-refractivity contribution in [3.63, 3.8) is 0 Å². The summed E-state index contributed by atoms with van der Waals surface area (Å²) in [6.45, 7) is 6.87. The number of hydrogen-bond donors (Lipinski definition) is 0. The molecule has 4 rings (SSSR count). The van der Waals surface area contributed by atoms with Crippen molar-refractivity contribution in [2.45, 2.75) is 33.7 Å². The monoisotopic (exact) mass is 524 g/mol. The lowest BCUT2D eigenvalue weighted by Gasteiger charge is -2.24. The first-order chi connectivity index (χ1) is 17.7. The minimum Gasteiger partial charge on any atom is -0.490 e. The highest BCUT2D eigenvalue weighted by Crippen LogP contribution is 2.32. The number of esters is 2. The molecule has 8 nitrogen and oxygen atoms in total. The van der Waals surface area contributed by atoms with Gasteiger partial charge in [-0.05, 0) is 50.6 Å². The molecule has 0 fully saturated rings. The second-order valence-corrected chi connectivity index (χ2v) is 9.07. The number of carbonyl (C=O) groups excluding carboxylic acids is 2. The van der Waals surface area contributed by atoms with Crippen LogP contribution in [0.25, 0.3) is 6.08 Å². The average Bonchev–Trinajstić information content (AvgIpc) is 3.14. The number of rotatable bonds is 7. The summed E-state index contributed by atoms with van der Waals surface area (Å²) >= 11 is 1.12. The van der Waals surface area contributed by atoms with Crippen LogP contribution in [-0.4, -0.2) is 29.7 Å². The molecule has 0 amide bonds. The molecule has 10 heteroatoms. The molecule has 0 aliphatic carbocycles. The van der Waals surface area contributed by atoms with Gasteiger partial charge in [0.15, 0.2) is 16.3 Å². The van der Waals surface area contributed by atoms with E-state index >= 15 is 0 Å². The lowest BCUT2D eigenvalue weighted by Crippen LogP contribution is -2.40. The van der Waals surface area contributed by atoms with Gasteiger partial charge in [-0.25, -0.2) is 14.2 Å². The minimum atomic E-state index is -1.04. The summed E-state index contributed by atoms with van der Waals surface area (Å²) < 4.78 is 32.6. The van der Waals surface area contributed by atoms with Gasteiger partial charge in [-0.2, -0.15) is 0 Å². The van der Waals surface area contributed by atoms with Gasteiger partial charge in [-0.3, -0.25) is 14.2 Å². The third-order valence-electron chi connectivity index (χ3n) is 5.54. The van der Waals surface area contributed by atoms with E-state index in [-0.39, 0.29) is 23.5 Å². The van der Waals surface area contributed by atoms with Gasteiger partial charge in [0.05, 0.1) is 29.0 Å². The molecule has 1 aliphatic rings. The van der Waals surface area contributed by atoms with E-state index in [2.05, 4.69) is 4.99 Å². The Morgan fingerprint density at radius 2 is 1.89 bits per heavy atom. The molecule has 192 valence electrons. The van der Waals surface area contributed by atoms with Crippen molar-refractivity contribution in [3.05, 3.63) is 90.4 Å². The largest absolute Gasteiger partial charge is 0.490 e. The van der Waals surface area contributed by atoms with E-state index in [1.54, 1.807) is 57.2 Å². The number of benzene rings is 2. The zero-order valence-corrected chi connectivity index (χ0v) is 21.6. The van der Waals surface area contributed by atoms with Gasteiger partial charge >= 0.3 is 11.9 Å². The number of ether oxygens (including phenoxy) is 3. The molecule has 3 aromatic rings. The third kappa shape index (κ3) is 5.24. The van der Waals surface area contributed by atoms with Gasteiger partial charge in [-0.1, -0.05) is 35.6 Å². The first kappa shape index (κ1) is 26.0. The van der Waals surface area contributed by atoms with Crippen LogP contribution in [0.4, 0.5) is 4.39 Å². The molecule has 0 bridgehead atoms. The molecule has 1 aromatic heterocycles. The summed E-state index contributed by atoms with van der Waals surface area (Å²) in [7, 11) is 0. The van der Waals surface area contributed by atoms with Gasteiger partial charge in [0.1, 0.15) is 11.9 Å². The molecule has 2 heterocycles. The van der Waals surface area contributed by atoms with Crippen LogP contribution in [0.3, 0.4) is 0 Å². The zero-order valence-electron chi connectivity index (χ0n) is 20.7. The van der Waals surface area contributed by atoms with Crippen molar-refractivity contribution in [1.29, 1.82) is 0 Å². The lowest BCUT2D eigenvalue weighted by atomic mass is 9.95. The van der Waals surface area contributed by atoms with E-state index in [1.807, 2.05) is 0 Å². The molecule has 1 aliphatic heterocycles. The van der Waals surface area contributed by atoms with Crippen LogP contribution < -0.4 is 24.4 Å². The van der Waals surface area contributed by atoms with Gasteiger partial charge in [0.25, 0.3) is 5.56 Å². The van der Waals surface area contributed by atoms with Gasteiger partial charge in [0, 0.05) is 12.5 Å². The van der Waals surface area contributed by atoms with E-state index in [0.717, 1.165) is 11.3 Å². The summed E-state index contributed by atoms with van der Waals surface area (Å²) in [5, 5.41) is 0. The van der Waals surface area contributed by atoms with Crippen molar-refractivity contribution < 1.29 is 28.2 Å². The molecular weight excluding hydrogens is 499 g/mol. The molecule has 0 radical (unpaired) electrons. The Bertz CT molecular complexity index is 1590. The maximum atomic E-state index is 15.0. The Hall–Kier alpha value is -4.05. The second-order valence-electron chi connectivity index (χ2n) is 8.06. The standard InChI is InChI=1S/C27H25FN2O6S/c1-5-34-21-13-17(11-12-20(21)36-16(4)31)14-22-25(32)30-24(18-9-7-8-10-19(18)28)23(26(33)35-6-2)15(3)29-27(30)37-22/h7-14,24H,5-6H2,1-4H3. The highest BCUT2D eigenvalue weighted by Gasteiger charge is 2.34. The van der Waals surface area contributed by atoms with Crippen LogP contribution in [0.2, 0.25) is 0 Å². The van der Waals surface area contributed by atoms with Gasteiger partial charge < -0.3 is 14.2 Å². The highest BCUT2D eigenvalue weighted by molar-refractivity contribution is 7.07. The summed E-state index contributed by atoms with van der Waals surface area (Å²) in [6.07, 6.45) is 1.64. The van der Waals surface area contributed by atoms with Crippen LogP contribution >= 0.6 is 11.3 Å². The van der Waals surface area contributed by atoms with Crippen molar-refractivity contribution in [2.24, 2.45) is 4.99 Å². The summed E-state index contributed by atoms with van der Waals surface area (Å²) in [5.74, 6) is -1.08. The normalized spacial score (nSPS) is 15.2. The Balaban J connectivity index is 1.90. The van der Waals surface area contributed by atoms with Crippen molar-refractivity contribution in [2.75, 3.05) is 13.2 Å². The number of fused-ring (bicyclic) bond motifs is 1. The number of hydrogen-bond acceptors (Lipinski definition) is 8. The lowest BCUT2D eigenvalue weighted by molar-refractivity contribution is -0.139. The number of thiazole rings is 1. The summed E-state index contributed by atoms with van der Waals surface area (Å²) in [4.78, 5) is 42.8. The first-order valence-corrected chi connectivity index (χ1v) is 12.5. The Labute approximate surface area is 215 Å². The summed E-state index contributed by atoms with van der Waals surface area (Å²) in [5.41, 5.74) is 0.803. The SMILES string of the molecule is CCOC(=O)C1=C(C)N=c2sc(=Cc3ccc(OC(C)=O)c(OCC)c3)c(=O)n2C1c1ccccc1F. The number of allylic oxidation sites excluding steroid dienone is 1. The summed E-state index contributed by atoms with van der Waals surface area (Å²) in [6, 6.07) is 9.89. The maximum absolute atomic E-state index is 15.0. The minimum absolute atomic E-state index is 0.107. The molecule has 0 N–H and O–H groups in total. The number of halogens is 1. The van der Waals surface area contributed by atoms with E-state index in [4.69, 9.17) is 14.2 Å². The van der Waals surface area contributed by atoms with Gasteiger partial charge in [0.2, 0.25) is 0 Å². The molecule has 1 unspecified atom stereocenters. The Morgan fingerprint density at radius 1 is 1.14 bits per heavy atom. The van der Waals surface area contributed by atoms with Crippen molar-refractivity contribution in [1.82, 2.24) is 4.57 Å². The van der Waals surface area contributed by atoms with Crippen LogP contribution in [0.1, 0.15) is 44.9 Å². The number of aromatic nitrogens is 1. The predicted molar refractivity (Wildman–Crippen MR) is 136 cm³/mol. The quantitative estimate of drug-likeness (QED) is 0.348. The Kier molecular flexibility index (Phi) is 7.68. The van der Waals surface area contributed by atoms with Crippen LogP contribution in [0, 0.1) is 5.82 Å². The zero-order chi connectivity index (χ0) is 26.7. The molecule has 37 heavy (non-hydrogen) atoms. The van der Waals surface area contributed by atoms with Crippen LogP contribution in [0.5, 0.6) is 11.5 Å². The molecular formula is C27H25FN2O6S. The van der Waals surface area contributed by atoms with Crippen molar-refractivity contribution >= 4 is 29.4 Å². The van der Waals surface area contributed by atoms with Crippen LogP contribution in [-0.2, 0) is 14.3 Å². The number of nitrogens with zero attached hydrogens (tertiary/aromatic N) is 2. The fourth-order valence-electron chi connectivity index (χ4n) is 4.06. The van der Waals surface area contributed by atoms with Gasteiger partial charge in [-0.15, -0.1) is 0 Å². The van der Waals surface area contributed by atoms with E-state index < -0.39 is 29.4 Å².